The van der Waals surface area contributed by atoms with E-state index < -0.39 is 18.1 Å². The summed E-state index contributed by atoms with van der Waals surface area (Å²) < 4.78 is 43.6. The van der Waals surface area contributed by atoms with E-state index in [2.05, 4.69) is 15.5 Å². The summed E-state index contributed by atoms with van der Waals surface area (Å²) in [5.41, 5.74) is -0.298. The molecule has 0 aliphatic carbocycles. The van der Waals surface area contributed by atoms with Crippen molar-refractivity contribution in [1.82, 2.24) is 0 Å². The lowest BCUT2D eigenvalue weighted by Crippen LogP contribution is -2.19. The smallest absolute Gasteiger partial charge is 0.465 e. The van der Waals surface area contributed by atoms with Gasteiger partial charge < -0.3 is 9.47 Å². The number of methoxy groups -OCH3 is 1. The Hall–Kier alpha value is -1.72. The number of benzene rings is 1. The largest absolute Gasteiger partial charge is 0.573 e. The Morgan fingerprint density at radius 3 is 2.67 bits per heavy atom. The first-order chi connectivity index (χ1) is 6.94. The lowest BCUT2D eigenvalue weighted by Gasteiger charge is -2.11. The third kappa shape index (κ3) is 3.16. The summed E-state index contributed by atoms with van der Waals surface area (Å²) in [4.78, 5) is 11.0. The summed E-state index contributed by atoms with van der Waals surface area (Å²) >= 11 is 0. The molecule has 15 heavy (non-hydrogen) atoms. The van der Waals surface area contributed by atoms with Crippen molar-refractivity contribution in [2.24, 2.45) is 0 Å². The maximum absolute atomic E-state index is 11.9. The van der Waals surface area contributed by atoms with Gasteiger partial charge >= 0.3 is 12.3 Å². The molecule has 0 fully saturated rings. The van der Waals surface area contributed by atoms with Crippen molar-refractivity contribution in [2.75, 3.05) is 7.11 Å². The van der Waals surface area contributed by atoms with Crippen LogP contribution in [0.25, 0.3) is 0 Å². The standard InChI is InChI=1S/C9H6F3O3/c1-14-8(13)6-4-2-3-5-7(6)15-9(10,11)12/h2,4-5H,1H3. The lowest BCUT2D eigenvalue weighted by molar-refractivity contribution is -0.274. The Balaban J connectivity index is 3.02. The van der Waals surface area contributed by atoms with E-state index in [1.165, 1.54) is 6.07 Å². The van der Waals surface area contributed by atoms with Crippen LogP contribution in [0, 0.1) is 6.07 Å². The SMILES string of the molecule is COC(=O)c1cc[c]cc1OC(F)(F)F. The first-order valence-electron chi connectivity index (χ1n) is 3.78. The second-order valence-electron chi connectivity index (χ2n) is 2.46. The van der Waals surface area contributed by atoms with E-state index >= 15 is 0 Å². The highest BCUT2D eigenvalue weighted by molar-refractivity contribution is 5.92. The van der Waals surface area contributed by atoms with Gasteiger partial charge in [-0.05, 0) is 18.2 Å². The normalized spacial score (nSPS) is 10.9. The van der Waals surface area contributed by atoms with E-state index in [1.54, 1.807) is 0 Å². The molecule has 0 aliphatic heterocycles. The van der Waals surface area contributed by atoms with Crippen LogP contribution in [0.15, 0.2) is 18.2 Å². The number of ether oxygens (including phenoxy) is 2. The highest BCUT2D eigenvalue weighted by Crippen LogP contribution is 2.26. The van der Waals surface area contributed by atoms with E-state index in [0.29, 0.717) is 0 Å². The maximum Gasteiger partial charge on any atom is 0.573 e. The van der Waals surface area contributed by atoms with Crippen molar-refractivity contribution >= 4 is 5.97 Å². The van der Waals surface area contributed by atoms with Crippen LogP contribution in [-0.2, 0) is 4.74 Å². The average molecular weight is 219 g/mol. The van der Waals surface area contributed by atoms with Crippen LogP contribution in [0.3, 0.4) is 0 Å². The minimum absolute atomic E-state index is 0.298. The number of halogens is 3. The molecule has 1 aromatic carbocycles. The fourth-order valence-electron chi connectivity index (χ4n) is 0.903. The molecular weight excluding hydrogens is 213 g/mol. The summed E-state index contributed by atoms with van der Waals surface area (Å²) in [7, 11) is 1.07. The van der Waals surface area contributed by atoms with E-state index in [0.717, 1.165) is 19.2 Å². The fourth-order valence-corrected chi connectivity index (χ4v) is 0.903. The molecule has 0 atom stereocenters. The van der Waals surface area contributed by atoms with Gasteiger partial charge in [-0.1, -0.05) is 6.07 Å². The summed E-state index contributed by atoms with van der Waals surface area (Å²) in [6.07, 6.45) is -4.85. The molecule has 0 unspecified atom stereocenters. The Kier molecular flexibility index (Phi) is 3.18. The van der Waals surface area contributed by atoms with Gasteiger partial charge in [0.05, 0.1) is 7.11 Å². The zero-order valence-electron chi connectivity index (χ0n) is 7.59. The summed E-state index contributed by atoms with van der Waals surface area (Å²) in [6, 6.07) is 5.71. The average Bonchev–Trinajstić information content (AvgIpc) is 2.15. The highest BCUT2D eigenvalue weighted by Gasteiger charge is 2.32. The fraction of sp³-hybridized carbons (Fsp3) is 0.222. The maximum atomic E-state index is 11.9. The van der Waals surface area contributed by atoms with Gasteiger partial charge in [0.25, 0.3) is 0 Å². The molecule has 0 saturated carbocycles. The molecule has 0 heterocycles. The van der Waals surface area contributed by atoms with E-state index in [9.17, 15) is 18.0 Å². The number of esters is 1. The molecule has 0 spiro atoms. The molecule has 81 valence electrons. The summed E-state index contributed by atoms with van der Waals surface area (Å²) in [6.45, 7) is 0. The van der Waals surface area contributed by atoms with Crippen LogP contribution >= 0.6 is 0 Å². The quantitative estimate of drug-likeness (QED) is 0.715. The number of hydrogen-bond acceptors (Lipinski definition) is 3. The number of rotatable bonds is 2. The van der Waals surface area contributed by atoms with Crippen LogP contribution in [-0.4, -0.2) is 19.4 Å². The van der Waals surface area contributed by atoms with Crippen molar-refractivity contribution in [1.29, 1.82) is 0 Å². The molecule has 0 saturated heterocycles. The number of carbonyl (C=O) groups excluding carboxylic acids is 1. The molecule has 0 bridgehead atoms. The number of carbonyl (C=O) groups is 1. The molecule has 3 nitrogen and oxygen atoms in total. The Morgan fingerprint density at radius 2 is 2.13 bits per heavy atom. The monoisotopic (exact) mass is 219 g/mol. The van der Waals surface area contributed by atoms with E-state index in [4.69, 9.17) is 0 Å². The van der Waals surface area contributed by atoms with Crippen LogP contribution in [0.2, 0.25) is 0 Å². The summed E-state index contributed by atoms with van der Waals surface area (Å²) in [5, 5.41) is 0. The highest BCUT2D eigenvalue weighted by atomic mass is 19.4. The first-order valence-corrected chi connectivity index (χ1v) is 3.78. The molecular formula is C9H6F3O3. The number of hydrogen-bond donors (Lipinski definition) is 0. The van der Waals surface area contributed by atoms with Gasteiger partial charge in [-0.3, -0.25) is 0 Å². The molecule has 0 N–H and O–H groups in total. The van der Waals surface area contributed by atoms with Crippen molar-refractivity contribution in [3.63, 3.8) is 0 Å². The predicted octanol–water partition coefficient (Wildman–Crippen LogP) is 2.17. The van der Waals surface area contributed by atoms with E-state index in [-0.39, 0.29) is 5.56 Å². The van der Waals surface area contributed by atoms with E-state index in [1.807, 2.05) is 0 Å². The molecule has 1 aromatic rings. The molecule has 0 aromatic heterocycles. The second-order valence-corrected chi connectivity index (χ2v) is 2.46. The van der Waals surface area contributed by atoms with Gasteiger partial charge in [-0.15, -0.1) is 13.2 Å². The van der Waals surface area contributed by atoms with Crippen LogP contribution in [0.4, 0.5) is 13.2 Å². The van der Waals surface area contributed by atoms with Gasteiger partial charge in [0, 0.05) is 0 Å². The Bertz CT molecular complexity index is 360. The summed E-state index contributed by atoms with van der Waals surface area (Å²) in [5.74, 6) is -1.53. The second kappa shape index (κ2) is 4.20. The minimum Gasteiger partial charge on any atom is -0.465 e. The zero-order chi connectivity index (χ0) is 11.5. The predicted molar refractivity (Wildman–Crippen MR) is 43.3 cm³/mol. The minimum atomic E-state index is -4.85. The third-order valence-corrected chi connectivity index (χ3v) is 1.46. The van der Waals surface area contributed by atoms with Crippen molar-refractivity contribution < 1.29 is 27.4 Å². The van der Waals surface area contributed by atoms with Crippen molar-refractivity contribution in [3.8, 4) is 5.75 Å². The molecule has 1 rings (SSSR count). The van der Waals surface area contributed by atoms with Gasteiger partial charge in [0.1, 0.15) is 11.3 Å². The Labute approximate surface area is 83.4 Å². The lowest BCUT2D eigenvalue weighted by atomic mass is 10.2. The molecule has 1 radical (unpaired) electrons. The first kappa shape index (κ1) is 11.4. The Morgan fingerprint density at radius 1 is 1.47 bits per heavy atom. The van der Waals surface area contributed by atoms with Crippen LogP contribution in [0.5, 0.6) is 5.75 Å². The van der Waals surface area contributed by atoms with Gasteiger partial charge in [-0.25, -0.2) is 4.79 Å². The van der Waals surface area contributed by atoms with Crippen LogP contribution in [0.1, 0.15) is 10.4 Å². The topological polar surface area (TPSA) is 35.5 Å². The molecule has 0 amide bonds. The van der Waals surface area contributed by atoms with Crippen LogP contribution < -0.4 is 4.74 Å². The van der Waals surface area contributed by atoms with Gasteiger partial charge in [0.15, 0.2) is 0 Å². The molecule has 0 aliphatic rings. The molecule has 6 heteroatoms. The van der Waals surface area contributed by atoms with Gasteiger partial charge in [-0.2, -0.15) is 0 Å². The van der Waals surface area contributed by atoms with Crippen molar-refractivity contribution in [3.05, 3.63) is 29.8 Å². The number of alkyl halides is 3. The zero-order valence-corrected chi connectivity index (χ0v) is 7.59. The third-order valence-electron chi connectivity index (χ3n) is 1.46. The van der Waals surface area contributed by atoms with Crippen molar-refractivity contribution in [2.45, 2.75) is 6.36 Å². The van der Waals surface area contributed by atoms with Gasteiger partial charge in [0.2, 0.25) is 0 Å².